The minimum Gasteiger partial charge on any atom is -0.495 e. The summed E-state index contributed by atoms with van der Waals surface area (Å²) in [5, 5.41) is 6.40. The summed E-state index contributed by atoms with van der Waals surface area (Å²) in [5.41, 5.74) is 0.962. The number of nitrogens with one attached hydrogen (secondary N) is 2. The van der Waals surface area contributed by atoms with Crippen LogP contribution in [0.25, 0.3) is 0 Å². The molecule has 160 valence electrons. The number of carbonyl (C=O) groups excluding carboxylic acids is 1. The number of nitrogens with zero attached hydrogens (tertiary/aromatic N) is 2. The summed E-state index contributed by atoms with van der Waals surface area (Å²) < 4.78 is 25.2. The monoisotopic (exact) mass is 434 g/mol. The molecule has 2 aliphatic heterocycles. The number of likely N-dealkylation sites (tertiary alicyclic amines) is 1. The number of hydrogen-bond donors (Lipinski definition) is 2. The minimum atomic E-state index is -0.434. The Balaban J connectivity index is 1.50. The summed E-state index contributed by atoms with van der Waals surface area (Å²) in [7, 11) is 1.47. The summed E-state index contributed by atoms with van der Waals surface area (Å²) in [6, 6.07) is 7.92. The Morgan fingerprint density at radius 3 is 2.73 bits per heavy atom. The van der Waals surface area contributed by atoms with Gasteiger partial charge in [0.15, 0.2) is 0 Å². The molecule has 1 aromatic carbocycles. The third-order valence-corrected chi connectivity index (χ3v) is 5.88. The lowest BCUT2D eigenvalue weighted by molar-refractivity contribution is -0.0746. The average Bonchev–Trinajstić information content (AvgIpc) is 2.69. The van der Waals surface area contributed by atoms with Crippen LogP contribution in [0.2, 0.25) is 5.02 Å². The normalized spacial score (nSPS) is 22.2. The molecule has 2 saturated heterocycles. The van der Waals surface area contributed by atoms with Gasteiger partial charge in [0.2, 0.25) is 0 Å². The lowest BCUT2D eigenvalue weighted by Gasteiger charge is -2.44. The number of urea groups is 1. The van der Waals surface area contributed by atoms with E-state index in [0.29, 0.717) is 54.4 Å². The highest BCUT2D eigenvalue weighted by Gasteiger charge is 2.38. The number of ether oxygens (including phenoxy) is 2. The highest BCUT2D eigenvalue weighted by molar-refractivity contribution is 6.30. The summed E-state index contributed by atoms with van der Waals surface area (Å²) >= 11 is 5.89. The Hall–Kier alpha value is -2.42. The van der Waals surface area contributed by atoms with Gasteiger partial charge in [-0.05, 0) is 30.7 Å². The zero-order valence-electron chi connectivity index (χ0n) is 16.6. The van der Waals surface area contributed by atoms with Crippen molar-refractivity contribution in [3.05, 3.63) is 53.1 Å². The molecular formula is C21H24ClFN4O3. The number of benzene rings is 1. The molecule has 4 rings (SSSR count). The Labute approximate surface area is 179 Å². The summed E-state index contributed by atoms with van der Waals surface area (Å²) in [4.78, 5) is 19.2. The summed E-state index contributed by atoms with van der Waals surface area (Å²) in [5.74, 6) is -0.363. The van der Waals surface area contributed by atoms with Crippen molar-refractivity contribution in [2.75, 3.05) is 38.7 Å². The molecule has 2 N–H and O–H groups in total. The fourth-order valence-corrected chi connectivity index (χ4v) is 4.00. The Morgan fingerprint density at radius 2 is 2.10 bits per heavy atom. The van der Waals surface area contributed by atoms with Crippen molar-refractivity contribution < 1.29 is 18.7 Å². The molecule has 2 fully saturated rings. The van der Waals surface area contributed by atoms with E-state index < -0.39 is 5.82 Å². The van der Waals surface area contributed by atoms with Gasteiger partial charge in [-0.25, -0.2) is 9.18 Å². The Morgan fingerprint density at radius 1 is 1.33 bits per heavy atom. The lowest BCUT2D eigenvalue weighted by Crippen LogP contribution is -2.57. The maximum Gasteiger partial charge on any atom is 0.319 e. The van der Waals surface area contributed by atoms with Crippen LogP contribution in [-0.2, 0) is 4.74 Å². The van der Waals surface area contributed by atoms with Crippen LogP contribution in [0.15, 0.2) is 36.5 Å². The number of piperidine rings is 1. The van der Waals surface area contributed by atoms with E-state index in [1.165, 1.54) is 19.4 Å². The molecule has 7 nitrogen and oxygen atoms in total. The zero-order chi connectivity index (χ0) is 21.1. The third kappa shape index (κ3) is 4.66. The van der Waals surface area contributed by atoms with Gasteiger partial charge < -0.3 is 20.1 Å². The maximum atomic E-state index is 14.8. The van der Waals surface area contributed by atoms with Gasteiger partial charge in [-0.3, -0.25) is 9.88 Å². The molecule has 1 aromatic heterocycles. The van der Waals surface area contributed by atoms with Crippen LogP contribution < -0.4 is 15.4 Å². The second-order valence-electron chi connectivity index (χ2n) is 7.54. The molecule has 0 saturated carbocycles. The SMILES string of the molecule is COc1cnc([C@@H]2CN(C3COC3)CC[C@H]2NC(=O)Nc2ccc(Cl)cc2)c(F)c1. The summed E-state index contributed by atoms with van der Waals surface area (Å²) in [6.45, 7) is 2.76. The smallest absolute Gasteiger partial charge is 0.319 e. The number of carbonyl (C=O) groups is 1. The molecule has 3 heterocycles. The number of rotatable bonds is 5. The second kappa shape index (κ2) is 9.16. The maximum absolute atomic E-state index is 14.8. The van der Waals surface area contributed by atoms with Gasteiger partial charge in [0.25, 0.3) is 0 Å². The molecule has 2 aliphatic rings. The average molecular weight is 435 g/mol. The molecule has 9 heteroatoms. The van der Waals surface area contributed by atoms with Crippen LogP contribution in [0.4, 0.5) is 14.9 Å². The van der Waals surface area contributed by atoms with Crippen molar-refractivity contribution in [2.45, 2.75) is 24.4 Å². The number of halogens is 2. The van der Waals surface area contributed by atoms with Crippen LogP contribution in [0, 0.1) is 5.82 Å². The fourth-order valence-electron chi connectivity index (χ4n) is 3.88. The van der Waals surface area contributed by atoms with Gasteiger partial charge >= 0.3 is 6.03 Å². The fraction of sp³-hybridized carbons (Fsp3) is 0.429. The number of pyridine rings is 1. The highest BCUT2D eigenvalue weighted by atomic mass is 35.5. The van der Waals surface area contributed by atoms with Crippen LogP contribution in [0.3, 0.4) is 0 Å². The Kier molecular flexibility index (Phi) is 6.36. The van der Waals surface area contributed by atoms with E-state index in [1.807, 2.05) is 0 Å². The van der Waals surface area contributed by atoms with E-state index in [4.69, 9.17) is 21.1 Å². The van der Waals surface area contributed by atoms with E-state index in [2.05, 4.69) is 20.5 Å². The van der Waals surface area contributed by atoms with Gasteiger partial charge in [0, 0.05) is 41.8 Å². The van der Waals surface area contributed by atoms with E-state index in [0.717, 1.165) is 6.54 Å². The molecule has 0 bridgehead atoms. The van der Waals surface area contributed by atoms with Crippen LogP contribution >= 0.6 is 11.6 Å². The summed E-state index contributed by atoms with van der Waals surface area (Å²) in [6.07, 6.45) is 2.19. The molecule has 2 amide bonds. The first-order chi connectivity index (χ1) is 14.5. The van der Waals surface area contributed by atoms with Crippen molar-refractivity contribution in [2.24, 2.45) is 0 Å². The standard InChI is InChI=1S/C21H24ClFN4O3/c1-29-16-8-18(23)20(24-9-16)17-10-27(15-11-30-12-15)7-6-19(17)26-21(28)25-14-4-2-13(22)3-5-14/h2-5,8-9,15,17,19H,6-7,10-12H2,1H3,(H2,25,26,28)/t17-,19-/m1/s1. The van der Waals surface area contributed by atoms with Crippen LogP contribution in [0.1, 0.15) is 18.0 Å². The molecule has 30 heavy (non-hydrogen) atoms. The molecule has 0 radical (unpaired) electrons. The molecule has 0 unspecified atom stereocenters. The molecule has 0 spiro atoms. The highest BCUT2D eigenvalue weighted by Crippen LogP contribution is 2.31. The quantitative estimate of drug-likeness (QED) is 0.755. The predicted molar refractivity (Wildman–Crippen MR) is 112 cm³/mol. The Bertz CT molecular complexity index is 894. The van der Waals surface area contributed by atoms with E-state index in [9.17, 15) is 9.18 Å². The largest absolute Gasteiger partial charge is 0.495 e. The number of hydrogen-bond acceptors (Lipinski definition) is 5. The first-order valence-corrected chi connectivity index (χ1v) is 10.3. The molecule has 0 aliphatic carbocycles. The topological polar surface area (TPSA) is 75.7 Å². The van der Waals surface area contributed by atoms with Gasteiger partial charge in [0.1, 0.15) is 11.6 Å². The van der Waals surface area contributed by atoms with Crippen molar-refractivity contribution in [1.82, 2.24) is 15.2 Å². The number of amides is 2. The second-order valence-corrected chi connectivity index (χ2v) is 7.97. The first kappa shape index (κ1) is 20.8. The van der Waals surface area contributed by atoms with Crippen LogP contribution in [-0.4, -0.2) is 61.4 Å². The van der Waals surface area contributed by atoms with Crippen molar-refractivity contribution in [3.63, 3.8) is 0 Å². The van der Waals surface area contributed by atoms with E-state index >= 15 is 0 Å². The first-order valence-electron chi connectivity index (χ1n) is 9.88. The third-order valence-electron chi connectivity index (χ3n) is 5.63. The number of aromatic nitrogens is 1. The van der Waals surface area contributed by atoms with Gasteiger partial charge in [0.05, 0.1) is 38.3 Å². The number of methoxy groups -OCH3 is 1. The molecule has 2 aromatic rings. The number of anilines is 1. The molecule has 2 atom stereocenters. The molecular weight excluding hydrogens is 411 g/mol. The van der Waals surface area contributed by atoms with Gasteiger partial charge in [-0.15, -0.1) is 0 Å². The minimum absolute atomic E-state index is 0.259. The lowest BCUT2D eigenvalue weighted by atomic mass is 9.87. The van der Waals surface area contributed by atoms with Gasteiger partial charge in [-0.2, -0.15) is 0 Å². The van der Waals surface area contributed by atoms with Crippen molar-refractivity contribution in [3.8, 4) is 5.75 Å². The zero-order valence-corrected chi connectivity index (χ0v) is 17.4. The van der Waals surface area contributed by atoms with E-state index in [1.54, 1.807) is 24.3 Å². The van der Waals surface area contributed by atoms with Crippen molar-refractivity contribution in [1.29, 1.82) is 0 Å². The van der Waals surface area contributed by atoms with Crippen LogP contribution in [0.5, 0.6) is 5.75 Å². The van der Waals surface area contributed by atoms with Crippen molar-refractivity contribution >= 4 is 23.3 Å². The van der Waals surface area contributed by atoms with Gasteiger partial charge in [-0.1, -0.05) is 11.6 Å². The van der Waals surface area contributed by atoms with E-state index in [-0.39, 0.29) is 18.0 Å². The predicted octanol–water partition coefficient (Wildman–Crippen LogP) is 3.26.